The molecule has 5 nitrogen and oxygen atoms in total. The summed E-state index contributed by atoms with van der Waals surface area (Å²) in [5.74, 6) is 2.11. The van der Waals surface area contributed by atoms with Crippen LogP contribution >= 0.6 is 11.3 Å². The lowest BCUT2D eigenvalue weighted by Gasteiger charge is -2.07. The van der Waals surface area contributed by atoms with E-state index in [0.717, 1.165) is 43.1 Å². The molecule has 0 fully saturated rings. The maximum atomic E-state index is 5.75. The van der Waals surface area contributed by atoms with Gasteiger partial charge in [0.15, 0.2) is 0 Å². The van der Waals surface area contributed by atoms with Gasteiger partial charge in [0.1, 0.15) is 17.5 Å². The van der Waals surface area contributed by atoms with Crippen molar-refractivity contribution in [3.63, 3.8) is 0 Å². The topological polar surface area (TPSA) is 76.7 Å². The molecule has 0 bridgehead atoms. The van der Waals surface area contributed by atoms with Gasteiger partial charge in [0.25, 0.3) is 0 Å². The third-order valence-corrected chi connectivity index (χ3v) is 3.07. The zero-order valence-corrected chi connectivity index (χ0v) is 11.2. The maximum absolute atomic E-state index is 5.75. The molecule has 0 radical (unpaired) electrons. The molecular weight excluding hydrogens is 246 g/mol. The van der Waals surface area contributed by atoms with Crippen molar-refractivity contribution < 1.29 is 0 Å². The fourth-order valence-electron chi connectivity index (χ4n) is 1.62. The van der Waals surface area contributed by atoms with Crippen LogP contribution in [0.4, 0.5) is 11.6 Å². The summed E-state index contributed by atoms with van der Waals surface area (Å²) in [6, 6.07) is 1.76. The molecule has 0 saturated heterocycles. The Bertz CT molecular complexity index is 483. The van der Waals surface area contributed by atoms with Gasteiger partial charge in [-0.2, -0.15) is 0 Å². The van der Waals surface area contributed by atoms with Crippen molar-refractivity contribution in [2.75, 3.05) is 17.6 Å². The average molecular weight is 263 g/mol. The van der Waals surface area contributed by atoms with E-state index >= 15 is 0 Å². The minimum absolute atomic E-state index is 0.518. The van der Waals surface area contributed by atoms with E-state index in [0.29, 0.717) is 5.82 Å². The lowest BCUT2D eigenvalue weighted by atomic mass is 10.3. The van der Waals surface area contributed by atoms with Crippen molar-refractivity contribution in [1.29, 1.82) is 0 Å². The van der Waals surface area contributed by atoms with E-state index in [1.165, 1.54) is 0 Å². The first kappa shape index (κ1) is 12.8. The summed E-state index contributed by atoms with van der Waals surface area (Å²) in [5.41, 5.74) is 8.70. The fourth-order valence-corrected chi connectivity index (χ4v) is 2.22. The van der Waals surface area contributed by atoms with Gasteiger partial charge in [-0.05, 0) is 6.42 Å². The predicted octanol–water partition coefficient (Wildman–Crippen LogP) is 2.12. The minimum atomic E-state index is 0.518. The first-order valence-corrected chi connectivity index (χ1v) is 6.96. The van der Waals surface area contributed by atoms with Gasteiger partial charge in [0, 0.05) is 30.8 Å². The summed E-state index contributed by atoms with van der Waals surface area (Å²) < 4.78 is 0. The molecule has 2 rings (SSSR count). The van der Waals surface area contributed by atoms with Crippen LogP contribution in [-0.2, 0) is 12.8 Å². The largest absolute Gasteiger partial charge is 0.384 e. The van der Waals surface area contributed by atoms with Crippen LogP contribution in [-0.4, -0.2) is 21.5 Å². The summed E-state index contributed by atoms with van der Waals surface area (Å²) in [7, 11) is 0. The Morgan fingerprint density at radius 2 is 2.22 bits per heavy atom. The second-order valence-electron chi connectivity index (χ2n) is 4.00. The molecule has 2 aromatic rings. The van der Waals surface area contributed by atoms with Gasteiger partial charge in [0.2, 0.25) is 0 Å². The highest BCUT2D eigenvalue weighted by Gasteiger charge is 2.02. The lowest BCUT2D eigenvalue weighted by Crippen LogP contribution is -2.09. The summed E-state index contributed by atoms with van der Waals surface area (Å²) in [5, 5.41) is 5.31. The van der Waals surface area contributed by atoms with Gasteiger partial charge in [-0.1, -0.05) is 6.92 Å². The highest BCUT2D eigenvalue weighted by Crippen LogP contribution is 2.10. The molecule has 96 valence electrons. The molecule has 0 atom stereocenters. The molecule has 0 amide bonds. The van der Waals surface area contributed by atoms with E-state index in [4.69, 9.17) is 5.73 Å². The normalized spacial score (nSPS) is 10.5. The second kappa shape index (κ2) is 6.30. The van der Waals surface area contributed by atoms with Crippen LogP contribution in [0.2, 0.25) is 0 Å². The van der Waals surface area contributed by atoms with Gasteiger partial charge in [-0.15, -0.1) is 11.3 Å². The van der Waals surface area contributed by atoms with E-state index in [1.54, 1.807) is 17.4 Å². The quantitative estimate of drug-likeness (QED) is 0.835. The molecule has 2 heterocycles. The molecule has 0 aliphatic rings. The molecule has 0 unspecified atom stereocenters. The van der Waals surface area contributed by atoms with Crippen LogP contribution < -0.4 is 11.1 Å². The van der Waals surface area contributed by atoms with Crippen LogP contribution in [0, 0.1) is 0 Å². The Morgan fingerprint density at radius 3 is 2.94 bits per heavy atom. The Hall–Kier alpha value is -1.69. The SMILES string of the molecule is CCCc1nc(N)cc(NCCc2cscn2)n1. The lowest BCUT2D eigenvalue weighted by molar-refractivity contribution is 0.835. The number of aromatic nitrogens is 3. The third kappa shape index (κ3) is 3.66. The molecule has 6 heteroatoms. The van der Waals surface area contributed by atoms with Crippen LogP contribution in [0.5, 0.6) is 0 Å². The number of anilines is 2. The van der Waals surface area contributed by atoms with E-state index in [2.05, 4.69) is 32.6 Å². The van der Waals surface area contributed by atoms with Gasteiger partial charge < -0.3 is 11.1 Å². The Morgan fingerprint density at radius 1 is 1.33 bits per heavy atom. The smallest absolute Gasteiger partial charge is 0.133 e. The number of nitrogens with one attached hydrogen (secondary N) is 1. The minimum Gasteiger partial charge on any atom is -0.384 e. The summed E-state index contributed by atoms with van der Waals surface area (Å²) in [6.07, 6.45) is 2.75. The Kier molecular flexibility index (Phi) is 4.46. The molecule has 0 aliphatic carbocycles. The number of nitrogens with two attached hydrogens (primary N) is 1. The van der Waals surface area contributed by atoms with E-state index in [9.17, 15) is 0 Å². The van der Waals surface area contributed by atoms with Crippen molar-refractivity contribution in [1.82, 2.24) is 15.0 Å². The molecule has 0 aromatic carbocycles. The zero-order chi connectivity index (χ0) is 12.8. The number of thiazole rings is 1. The monoisotopic (exact) mass is 263 g/mol. The van der Waals surface area contributed by atoms with Crippen molar-refractivity contribution in [3.8, 4) is 0 Å². The number of nitrogens with zero attached hydrogens (tertiary/aromatic N) is 3. The Balaban J connectivity index is 1.92. The van der Waals surface area contributed by atoms with Crippen molar-refractivity contribution in [2.24, 2.45) is 0 Å². The van der Waals surface area contributed by atoms with Crippen LogP contribution in [0.1, 0.15) is 24.9 Å². The van der Waals surface area contributed by atoms with E-state index < -0.39 is 0 Å². The second-order valence-corrected chi connectivity index (χ2v) is 4.72. The molecule has 0 aliphatic heterocycles. The maximum Gasteiger partial charge on any atom is 0.133 e. The first-order chi connectivity index (χ1) is 8.78. The summed E-state index contributed by atoms with van der Waals surface area (Å²) in [4.78, 5) is 12.9. The van der Waals surface area contributed by atoms with Gasteiger partial charge >= 0.3 is 0 Å². The number of hydrogen-bond acceptors (Lipinski definition) is 6. The summed E-state index contributed by atoms with van der Waals surface area (Å²) in [6.45, 7) is 2.90. The van der Waals surface area contributed by atoms with Crippen molar-refractivity contribution >= 4 is 23.0 Å². The fraction of sp³-hybridized carbons (Fsp3) is 0.417. The zero-order valence-electron chi connectivity index (χ0n) is 10.4. The van der Waals surface area contributed by atoms with Crippen molar-refractivity contribution in [2.45, 2.75) is 26.2 Å². The highest BCUT2D eigenvalue weighted by molar-refractivity contribution is 7.07. The Labute approximate surface area is 111 Å². The molecule has 3 N–H and O–H groups in total. The number of hydrogen-bond donors (Lipinski definition) is 2. The van der Waals surface area contributed by atoms with Crippen molar-refractivity contribution in [3.05, 3.63) is 28.5 Å². The van der Waals surface area contributed by atoms with Crippen LogP contribution in [0.3, 0.4) is 0 Å². The predicted molar refractivity (Wildman–Crippen MR) is 74.7 cm³/mol. The van der Waals surface area contributed by atoms with Gasteiger partial charge in [-0.25, -0.2) is 15.0 Å². The summed E-state index contributed by atoms with van der Waals surface area (Å²) >= 11 is 1.61. The van der Waals surface area contributed by atoms with Crippen LogP contribution in [0.25, 0.3) is 0 Å². The third-order valence-electron chi connectivity index (χ3n) is 2.44. The van der Waals surface area contributed by atoms with Crippen LogP contribution in [0.15, 0.2) is 17.0 Å². The average Bonchev–Trinajstić information content (AvgIpc) is 2.82. The number of nitrogen functional groups attached to an aromatic ring is 1. The molecule has 0 spiro atoms. The molecule has 0 saturated carbocycles. The number of rotatable bonds is 6. The number of aryl methyl sites for hydroxylation is 1. The first-order valence-electron chi connectivity index (χ1n) is 6.02. The molecular formula is C12H17N5S. The highest BCUT2D eigenvalue weighted by atomic mass is 32.1. The standard InChI is InChI=1S/C12H17N5S/c1-2-3-11-16-10(13)6-12(17-11)14-5-4-9-7-18-8-15-9/h6-8H,2-5H2,1H3,(H3,13,14,16,17). The van der Waals surface area contributed by atoms with E-state index in [1.807, 2.05) is 5.51 Å². The van der Waals surface area contributed by atoms with Gasteiger partial charge in [0.05, 0.1) is 11.2 Å². The molecule has 18 heavy (non-hydrogen) atoms. The van der Waals surface area contributed by atoms with E-state index in [-0.39, 0.29) is 0 Å². The molecule has 2 aromatic heterocycles. The van der Waals surface area contributed by atoms with Gasteiger partial charge in [-0.3, -0.25) is 0 Å².